The molecule has 1 rings (SSSR count). The topological polar surface area (TPSA) is 67.8 Å². The van der Waals surface area contributed by atoms with Crippen molar-refractivity contribution < 1.29 is 19.4 Å². The fourth-order valence-corrected chi connectivity index (χ4v) is 2.37. The van der Waals surface area contributed by atoms with E-state index < -0.39 is 0 Å². The van der Waals surface area contributed by atoms with E-state index in [2.05, 4.69) is 17.2 Å². The molecule has 0 radical (unpaired) electrons. The highest BCUT2D eigenvalue weighted by atomic mass is 32.1. The standard InChI is InChI=1S/C14H19NO4S/c1-11-10-13(20-12(11)4-3-6-16)14(17)15-5-7-19-9-8-18-2/h10,16H,5-9H2,1-2H3,(H,15,17). The van der Waals surface area contributed by atoms with Gasteiger partial charge in [-0.15, -0.1) is 11.3 Å². The molecule has 1 amide bonds. The number of aliphatic hydroxyl groups excluding tert-OH is 1. The van der Waals surface area contributed by atoms with Crippen molar-refractivity contribution in [2.75, 3.05) is 40.1 Å². The molecule has 110 valence electrons. The van der Waals surface area contributed by atoms with E-state index in [0.717, 1.165) is 10.4 Å². The molecule has 0 spiro atoms. The Morgan fingerprint density at radius 3 is 2.95 bits per heavy atom. The number of hydrogen-bond acceptors (Lipinski definition) is 5. The second-order valence-electron chi connectivity index (χ2n) is 3.94. The summed E-state index contributed by atoms with van der Waals surface area (Å²) in [6.45, 7) is 3.68. The van der Waals surface area contributed by atoms with Gasteiger partial charge in [-0.1, -0.05) is 11.8 Å². The van der Waals surface area contributed by atoms with Crippen molar-refractivity contribution >= 4 is 17.2 Å². The van der Waals surface area contributed by atoms with Crippen LogP contribution in [0.3, 0.4) is 0 Å². The Balaban J connectivity index is 2.40. The molecule has 6 heteroatoms. The lowest BCUT2D eigenvalue weighted by Crippen LogP contribution is -2.26. The Bertz CT molecular complexity index is 487. The van der Waals surface area contributed by atoms with Crippen LogP contribution in [0, 0.1) is 18.8 Å². The number of thiophene rings is 1. The fraction of sp³-hybridized carbons (Fsp3) is 0.500. The van der Waals surface area contributed by atoms with Crippen molar-refractivity contribution in [1.29, 1.82) is 0 Å². The van der Waals surface area contributed by atoms with Crippen LogP contribution in [0.25, 0.3) is 0 Å². The molecule has 2 N–H and O–H groups in total. The van der Waals surface area contributed by atoms with Crippen molar-refractivity contribution in [2.24, 2.45) is 0 Å². The van der Waals surface area contributed by atoms with E-state index in [-0.39, 0.29) is 12.5 Å². The first kappa shape index (κ1) is 16.7. The maximum Gasteiger partial charge on any atom is 0.261 e. The molecule has 0 unspecified atom stereocenters. The minimum Gasteiger partial charge on any atom is -0.384 e. The first-order valence-corrected chi connectivity index (χ1v) is 7.05. The van der Waals surface area contributed by atoms with Gasteiger partial charge in [0.05, 0.1) is 29.6 Å². The molecule has 0 atom stereocenters. The molecule has 0 saturated heterocycles. The third-order valence-corrected chi connectivity index (χ3v) is 3.54. The molecule has 0 bridgehead atoms. The van der Waals surface area contributed by atoms with E-state index in [1.807, 2.05) is 6.92 Å². The van der Waals surface area contributed by atoms with Crippen LogP contribution >= 0.6 is 11.3 Å². The Morgan fingerprint density at radius 1 is 1.45 bits per heavy atom. The summed E-state index contributed by atoms with van der Waals surface area (Å²) in [5.41, 5.74) is 0.942. The molecule has 0 fully saturated rings. The van der Waals surface area contributed by atoms with Crippen LogP contribution in [-0.2, 0) is 9.47 Å². The SMILES string of the molecule is COCCOCCNC(=O)c1cc(C)c(C#CCO)s1. The van der Waals surface area contributed by atoms with Gasteiger partial charge in [-0.05, 0) is 18.6 Å². The predicted molar refractivity (Wildman–Crippen MR) is 78.0 cm³/mol. The Labute approximate surface area is 122 Å². The number of aryl methyl sites for hydroxylation is 1. The first-order chi connectivity index (χ1) is 9.69. The third-order valence-electron chi connectivity index (χ3n) is 2.39. The van der Waals surface area contributed by atoms with Crippen LogP contribution in [0.15, 0.2) is 6.07 Å². The predicted octanol–water partition coefficient (Wildman–Crippen LogP) is 0.793. The largest absolute Gasteiger partial charge is 0.384 e. The summed E-state index contributed by atoms with van der Waals surface area (Å²) >= 11 is 1.32. The zero-order chi connectivity index (χ0) is 14.8. The van der Waals surface area contributed by atoms with Crippen molar-refractivity contribution in [3.63, 3.8) is 0 Å². The van der Waals surface area contributed by atoms with E-state index in [1.54, 1.807) is 13.2 Å². The van der Waals surface area contributed by atoms with Crippen LogP contribution in [0.1, 0.15) is 20.1 Å². The van der Waals surface area contributed by atoms with Gasteiger partial charge < -0.3 is 19.9 Å². The highest BCUT2D eigenvalue weighted by Crippen LogP contribution is 2.20. The summed E-state index contributed by atoms with van der Waals surface area (Å²) in [5.74, 6) is 5.28. The molecule has 0 aliphatic carbocycles. The number of carbonyl (C=O) groups is 1. The van der Waals surface area contributed by atoms with Crippen molar-refractivity contribution in [1.82, 2.24) is 5.32 Å². The monoisotopic (exact) mass is 297 g/mol. The molecule has 0 aliphatic heterocycles. The van der Waals surface area contributed by atoms with Crippen LogP contribution in [0.5, 0.6) is 0 Å². The minimum atomic E-state index is -0.183. The van der Waals surface area contributed by atoms with Gasteiger partial charge in [-0.2, -0.15) is 0 Å². The zero-order valence-corrected chi connectivity index (χ0v) is 12.5. The molecule has 5 nitrogen and oxygen atoms in total. The summed E-state index contributed by atoms with van der Waals surface area (Å²) in [4.78, 5) is 13.3. The van der Waals surface area contributed by atoms with Crippen molar-refractivity contribution in [3.05, 3.63) is 21.4 Å². The average molecular weight is 297 g/mol. The molecular formula is C14H19NO4S. The summed E-state index contributed by atoms with van der Waals surface area (Å²) in [6.07, 6.45) is 0. The summed E-state index contributed by atoms with van der Waals surface area (Å²) in [6, 6.07) is 1.80. The second kappa shape index (κ2) is 9.50. The lowest BCUT2D eigenvalue weighted by Gasteiger charge is -2.04. The highest BCUT2D eigenvalue weighted by Gasteiger charge is 2.10. The highest BCUT2D eigenvalue weighted by molar-refractivity contribution is 7.14. The molecule has 0 aromatic carbocycles. The van der Waals surface area contributed by atoms with Crippen LogP contribution in [-0.4, -0.2) is 51.1 Å². The molecule has 1 heterocycles. The van der Waals surface area contributed by atoms with Gasteiger partial charge in [-0.3, -0.25) is 4.79 Å². The molecule has 1 aromatic rings. The number of amides is 1. The first-order valence-electron chi connectivity index (χ1n) is 6.24. The van der Waals surface area contributed by atoms with Crippen LogP contribution in [0.2, 0.25) is 0 Å². The summed E-state index contributed by atoms with van der Waals surface area (Å²) in [5, 5.41) is 11.4. The van der Waals surface area contributed by atoms with Gasteiger partial charge in [-0.25, -0.2) is 0 Å². The van der Waals surface area contributed by atoms with E-state index in [9.17, 15) is 4.79 Å². The number of aliphatic hydroxyl groups is 1. The summed E-state index contributed by atoms with van der Waals surface area (Å²) < 4.78 is 10.1. The van der Waals surface area contributed by atoms with Crippen LogP contribution in [0.4, 0.5) is 0 Å². The van der Waals surface area contributed by atoms with E-state index in [0.29, 0.717) is 31.2 Å². The summed E-state index contributed by atoms with van der Waals surface area (Å²) in [7, 11) is 1.61. The smallest absolute Gasteiger partial charge is 0.261 e. The number of hydrogen-bond donors (Lipinski definition) is 2. The lowest BCUT2D eigenvalue weighted by molar-refractivity contribution is 0.0693. The number of methoxy groups -OCH3 is 1. The Morgan fingerprint density at radius 2 is 2.25 bits per heavy atom. The number of rotatable bonds is 7. The number of ether oxygens (including phenoxy) is 2. The third kappa shape index (κ3) is 5.72. The second-order valence-corrected chi connectivity index (χ2v) is 5.00. The van der Waals surface area contributed by atoms with Gasteiger partial charge in [0, 0.05) is 13.7 Å². The fourth-order valence-electron chi connectivity index (χ4n) is 1.41. The van der Waals surface area contributed by atoms with E-state index in [4.69, 9.17) is 14.6 Å². The van der Waals surface area contributed by atoms with E-state index >= 15 is 0 Å². The number of nitrogens with one attached hydrogen (secondary N) is 1. The van der Waals surface area contributed by atoms with Gasteiger partial charge in [0.2, 0.25) is 0 Å². The maximum atomic E-state index is 11.9. The van der Waals surface area contributed by atoms with Gasteiger partial charge in [0.15, 0.2) is 0 Å². The number of carbonyl (C=O) groups excluding carboxylic acids is 1. The molecule has 0 saturated carbocycles. The molecule has 1 aromatic heterocycles. The van der Waals surface area contributed by atoms with Crippen LogP contribution < -0.4 is 5.32 Å². The minimum absolute atomic E-state index is 0.134. The normalized spacial score (nSPS) is 9.95. The Hall–Kier alpha value is -1.39. The van der Waals surface area contributed by atoms with Gasteiger partial charge in [0.25, 0.3) is 5.91 Å². The van der Waals surface area contributed by atoms with Gasteiger partial charge >= 0.3 is 0 Å². The zero-order valence-electron chi connectivity index (χ0n) is 11.7. The molecule has 0 aliphatic rings. The van der Waals surface area contributed by atoms with Crippen molar-refractivity contribution in [3.8, 4) is 11.8 Å². The molecule has 20 heavy (non-hydrogen) atoms. The quantitative estimate of drug-likeness (QED) is 0.577. The maximum absolute atomic E-state index is 11.9. The molecular weight excluding hydrogens is 278 g/mol. The Kier molecular flexibility index (Phi) is 7.92. The van der Waals surface area contributed by atoms with Crippen molar-refractivity contribution in [2.45, 2.75) is 6.92 Å². The average Bonchev–Trinajstić information content (AvgIpc) is 2.81. The van der Waals surface area contributed by atoms with E-state index in [1.165, 1.54) is 11.3 Å². The van der Waals surface area contributed by atoms with Gasteiger partial charge in [0.1, 0.15) is 6.61 Å². The lowest BCUT2D eigenvalue weighted by atomic mass is 10.2.